The minimum absolute atomic E-state index is 0.104. The molecule has 0 bridgehead atoms. The molecule has 1 fully saturated rings. The molecule has 0 radical (unpaired) electrons. The third kappa shape index (κ3) is 4.94. The maximum Gasteiger partial charge on any atom is 0.251 e. The number of hydrogen-bond donors (Lipinski definition) is 2. The molecule has 25 heavy (non-hydrogen) atoms. The summed E-state index contributed by atoms with van der Waals surface area (Å²) < 4.78 is 5.10. The van der Waals surface area contributed by atoms with Crippen molar-refractivity contribution in [3.63, 3.8) is 0 Å². The highest BCUT2D eigenvalue weighted by Crippen LogP contribution is 2.20. The standard InChI is InChI=1S/C20H20N2O3/c1-25-18-10-5-14(6-11-18)7-12-19(23)21-17-4-2-3-15(13-17)20(24)22-16-8-9-16/h2-7,10-13,16H,8-9H2,1H3,(H,21,23)(H,22,24)/b12-7+. The first-order valence-corrected chi connectivity index (χ1v) is 8.18. The Morgan fingerprint density at radius 2 is 1.88 bits per heavy atom. The van der Waals surface area contributed by atoms with Crippen molar-refractivity contribution in [3.8, 4) is 5.75 Å². The van der Waals surface area contributed by atoms with Crippen LogP contribution in [-0.4, -0.2) is 25.0 Å². The van der Waals surface area contributed by atoms with Gasteiger partial charge in [0, 0.05) is 23.4 Å². The number of amides is 2. The van der Waals surface area contributed by atoms with Crippen LogP contribution in [0.15, 0.2) is 54.6 Å². The van der Waals surface area contributed by atoms with E-state index < -0.39 is 0 Å². The lowest BCUT2D eigenvalue weighted by molar-refractivity contribution is -0.111. The highest BCUT2D eigenvalue weighted by atomic mass is 16.5. The molecule has 0 unspecified atom stereocenters. The van der Waals surface area contributed by atoms with Gasteiger partial charge in [0.05, 0.1) is 7.11 Å². The van der Waals surface area contributed by atoms with Crippen LogP contribution in [0.2, 0.25) is 0 Å². The summed E-state index contributed by atoms with van der Waals surface area (Å²) in [5, 5.41) is 5.70. The molecule has 3 rings (SSSR count). The number of carbonyl (C=O) groups is 2. The number of methoxy groups -OCH3 is 1. The third-order valence-corrected chi connectivity index (χ3v) is 3.85. The van der Waals surface area contributed by atoms with E-state index in [0.29, 0.717) is 17.3 Å². The zero-order valence-corrected chi connectivity index (χ0v) is 14.0. The second-order valence-electron chi connectivity index (χ2n) is 5.92. The van der Waals surface area contributed by atoms with Gasteiger partial charge in [-0.1, -0.05) is 18.2 Å². The summed E-state index contributed by atoms with van der Waals surface area (Å²) in [5.41, 5.74) is 2.03. The highest BCUT2D eigenvalue weighted by Gasteiger charge is 2.23. The Balaban J connectivity index is 1.59. The summed E-state index contributed by atoms with van der Waals surface area (Å²) in [4.78, 5) is 24.1. The molecule has 0 spiro atoms. The van der Waals surface area contributed by atoms with Gasteiger partial charge in [-0.15, -0.1) is 0 Å². The first-order chi connectivity index (χ1) is 12.1. The van der Waals surface area contributed by atoms with Crippen LogP contribution in [0.5, 0.6) is 5.75 Å². The maximum absolute atomic E-state index is 12.1. The van der Waals surface area contributed by atoms with Crippen LogP contribution in [0.25, 0.3) is 6.08 Å². The molecule has 0 aromatic heterocycles. The lowest BCUT2D eigenvalue weighted by atomic mass is 10.2. The highest BCUT2D eigenvalue weighted by molar-refractivity contribution is 6.03. The monoisotopic (exact) mass is 336 g/mol. The Hall–Kier alpha value is -3.08. The molecule has 5 nitrogen and oxygen atoms in total. The van der Waals surface area contributed by atoms with Gasteiger partial charge >= 0.3 is 0 Å². The number of anilines is 1. The van der Waals surface area contributed by atoms with E-state index in [1.807, 2.05) is 24.3 Å². The molecule has 1 saturated carbocycles. The van der Waals surface area contributed by atoms with Gasteiger partial charge in [0.2, 0.25) is 5.91 Å². The molecule has 128 valence electrons. The van der Waals surface area contributed by atoms with E-state index in [9.17, 15) is 9.59 Å². The summed E-state index contributed by atoms with van der Waals surface area (Å²) in [6, 6.07) is 14.6. The maximum atomic E-state index is 12.1. The fraction of sp³-hybridized carbons (Fsp3) is 0.200. The van der Waals surface area contributed by atoms with Crippen molar-refractivity contribution >= 4 is 23.6 Å². The lowest BCUT2D eigenvalue weighted by Gasteiger charge is -2.06. The lowest BCUT2D eigenvalue weighted by Crippen LogP contribution is -2.25. The van der Waals surface area contributed by atoms with E-state index in [0.717, 1.165) is 24.2 Å². The fourth-order valence-corrected chi connectivity index (χ4v) is 2.31. The summed E-state index contributed by atoms with van der Waals surface area (Å²) in [7, 11) is 1.61. The average Bonchev–Trinajstić information content (AvgIpc) is 3.44. The number of ether oxygens (including phenoxy) is 1. The van der Waals surface area contributed by atoms with Crippen molar-refractivity contribution in [2.75, 3.05) is 12.4 Å². The van der Waals surface area contributed by atoms with E-state index in [1.165, 1.54) is 6.08 Å². The SMILES string of the molecule is COc1ccc(/C=C/C(=O)Nc2cccc(C(=O)NC3CC3)c2)cc1. The predicted molar refractivity (Wildman–Crippen MR) is 97.6 cm³/mol. The first-order valence-electron chi connectivity index (χ1n) is 8.18. The Morgan fingerprint density at radius 1 is 1.12 bits per heavy atom. The van der Waals surface area contributed by atoms with E-state index in [-0.39, 0.29) is 11.8 Å². The van der Waals surface area contributed by atoms with Crippen molar-refractivity contribution in [1.29, 1.82) is 0 Å². The number of hydrogen-bond acceptors (Lipinski definition) is 3. The summed E-state index contributed by atoms with van der Waals surface area (Å²) in [6.45, 7) is 0. The molecule has 1 aliphatic carbocycles. The fourth-order valence-electron chi connectivity index (χ4n) is 2.31. The molecule has 1 aliphatic rings. The Morgan fingerprint density at radius 3 is 2.56 bits per heavy atom. The number of rotatable bonds is 6. The van der Waals surface area contributed by atoms with Crippen LogP contribution in [0.4, 0.5) is 5.69 Å². The number of benzene rings is 2. The molecule has 5 heteroatoms. The zero-order valence-electron chi connectivity index (χ0n) is 14.0. The van der Waals surface area contributed by atoms with E-state index in [2.05, 4.69) is 10.6 Å². The topological polar surface area (TPSA) is 67.4 Å². The molecule has 2 aromatic carbocycles. The molecule has 0 saturated heterocycles. The summed E-state index contributed by atoms with van der Waals surface area (Å²) in [6.07, 6.45) is 5.26. The molecule has 0 atom stereocenters. The van der Waals surface area contributed by atoms with Gasteiger partial charge in [-0.25, -0.2) is 0 Å². The van der Waals surface area contributed by atoms with Crippen LogP contribution in [0.1, 0.15) is 28.8 Å². The van der Waals surface area contributed by atoms with Crippen LogP contribution in [0, 0.1) is 0 Å². The number of carbonyl (C=O) groups excluding carboxylic acids is 2. The van der Waals surface area contributed by atoms with Crippen molar-refractivity contribution in [3.05, 3.63) is 65.7 Å². The first kappa shape index (κ1) is 16.8. The Kier molecular flexibility index (Phi) is 5.14. The smallest absolute Gasteiger partial charge is 0.251 e. The zero-order chi connectivity index (χ0) is 17.6. The molecule has 0 heterocycles. The van der Waals surface area contributed by atoms with Crippen molar-refractivity contribution in [1.82, 2.24) is 5.32 Å². The summed E-state index contributed by atoms with van der Waals surface area (Å²) in [5.74, 6) is 0.408. The molecular formula is C20H20N2O3. The van der Waals surface area contributed by atoms with Crippen molar-refractivity contribution in [2.45, 2.75) is 18.9 Å². The second kappa shape index (κ2) is 7.66. The quantitative estimate of drug-likeness (QED) is 0.796. The van der Waals surface area contributed by atoms with Crippen LogP contribution < -0.4 is 15.4 Å². The molecule has 2 N–H and O–H groups in total. The largest absolute Gasteiger partial charge is 0.497 e. The summed E-state index contributed by atoms with van der Waals surface area (Å²) >= 11 is 0. The van der Waals surface area contributed by atoms with Gasteiger partial charge in [0.1, 0.15) is 5.75 Å². The van der Waals surface area contributed by atoms with Crippen molar-refractivity contribution in [2.24, 2.45) is 0 Å². The van der Waals surface area contributed by atoms with E-state index in [4.69, 9.17) is 4.74 Å². The average molecular weight is 336 g/mol. The van der Waals surface area contributed by atoms with Gasteiger partial charge in [-0.2, -0.15) is 0 Å². The van der Waals surface area contributed by atoms with Gasteiger partial charge in [0.15, 0.2) is 0 Å². The number of nitrogens with one attached hydrogen (secondary N) is 2. The van der Waals surface area contributed by atoms with Gasteiger partial charge in [-0.3, -0.25) is 9.59 Å². The predicted octanol–water partition coefficient (Wildman–Crippen LogP) is 3.24. The third-order valence-electron chi connectivity index (χ3n) is 3.85. The Labute approximate surface area is 146 Å². The van der Waals surface area contributed by atoms with Crippen LogP contribution >= 0.6 is 0 Å². The Bertz CT molecular complexity index is 793. The second-order valence-corrected chi connectivity index (χ2v) is 5.92. The van der Waals surface area contributed by atoms with E-state index >= 15 is 0 Å². The molecule has 0 aliphatic heterocycles. The normalized spacial score (nSPS) is 13.5. The van der Waals surface area contributed by atoms with Gasteiger partial charge < -0.3 is 15.4 Å². The van der Waals surface area contributed by atoms with Crippen molar-refractivity contribution < 1.29 is 14.3 Å². The van der Waals surface area contributed by atoms with Gasteiger partial charge in [-0.05, 0) is 54.8 Å². The van der Waals surface area contributed by atoms with Crippen LogP contribution in [0.3, 0.4) is 0 Å². The molecular weight excluding hydrogens is 316 g/mol. The van der Waals surface area contributed by atoms with Gasteiger partial charge in [0.25, 0.3) is 5.91 Å². The van der Waals surface area contributed by atoms with Crippen LogP contribution in [-0.2, 0) is 4.79 Å². The molecule has 2 amide bonds. The minimum Gasteiger partial charge on any atom is -0.497 e. The van der Waals surface area contributed by atoms with E-state index in [1.54, 1.807) is 37.5 Å². The molecule has 2 aromatic rings. The minimum atomic E-state index is -0.254.